The predicted molar refractivity (Wildman–Crippen MR) is 61.1 cm³/mol. The Bertz CT molecular complexity index is 315. The van der Waals surface area contributed by atoms with Crippen LogP contribution in [-0.4, -0.2) is 53.6 Å². The number of nitrogens with zero attached hydrogens (tertiary/aromatic N) is 2. The van der Waals surface area contributed by atoms with Gasteiger partial charge in [0.05, 0.1) is 6.54 Å². The summed E-state index contributed by atoms with van der Waals surface area (Å²) in [5.74, 6) is -0.0173. The fourth-order valence-corrected chi connectivity index (χ4v) is 2.69. The van der Waals surface area contributed by atoms with Gasteiger partial charge in [-0.15, -0.1) is 0 Å². The third-order valence-corrected chi connectivity index (χ3v) is 3.68. The summed E-state index contributed by atoms with van der Waals surface area (Å²) in [5.41, 5.74) is 0. The van der Waals surface area contributed by atoms with Crippen LogP contribution in [0, 0.1) is 0 Å². The molecule has 2 fully saturated rings. The predicted octanol–water partition coefficient (Wildman–Crippen LogP) is 2.02. The molecule has 0 aromatic carbocycles. The van der Waals surface area contributed by atoms with Crippen molar-refractivity contribution in [3.8, 4) is 0 Å². The first kappa shape index (κ1) is 13.6. The Morgan fingerprint density at radius 1 is 1.33 bits per heavy atom. The molecule has 1 saturated heterocycles. The molecule has 6 heteroatoms. The third kappa shape index (κ3) is 3.60. The molecule has 18 heavy (non-hydrogen) atoms. The number of likely N-dealkylation sites (tertiary alicyclic amines) is 1. The van der Waals surface area contributed by atoms with E-state index in [1.165, 1.54) is 11.8 Å². The molecule has 0 N–H and O–H groups in total. The minimum atomic E-state index is -4.15. The van der Waals surface area contributed by atoms with E-state index in [1.807, 2.05) is 0 Å². The van der Waals surface area contributed by atoms with Crippen LogP contribution in [-0.2, 0) is 4.79 Å². The topological polar surface area (TPSA) is 23.6 Å². The zero-order valence-electron chi connectivity index (χ0n) is 10.5. The number of carbonyl (C=O) groups excluding carboxylic acids is 1. The lowest BCUT2D eigenvalue weighted by molar-refractivity contribution is -0.149. The van der Waals surface area contributed by atoms with Crippen LogP contribution >= 0.6 is 0 Å². The summed E-state index contributed by atoms with van der Waals surface area (Å²) in [6.07, 6.45) is -0.621. The van der Waals surface area contributed by atoms with E-state index in [0.717, 1.165) is 25.7 Å². The standard InChI is InChI=1S/C12H19F3N2O/c1-9(18)17(10-4-5-10)7-11-3-2-6-16(11)8-12(13,14)15/h10-11H,2-8H2,1H3/t11-/m1/s1. The lowest BCUT2D eigenvalue weighted by Crippen LogP contribution is -2.46. The van der Waals surface area contributed by atoms with E-state index in [0.29, 0.717) is 13.1 Å². The quantitative estimate of drug-likeness (QED) is 0.775. The molecule has 0 unspecified atom stereocenters. The normalized spacial score (nSPS) is 25.4. The molecule has 1 aliphatic heterocycles. The van der Waals surface area contributed by atoms with E-state index < -0.39 is 12.7 Å². The largest absolute Gasteiger partial charge is 0.401 e. The molecule has 1 amide bonds. The fourth-order valence-electron chi connectivity index (χ4n) is 2.69. The van der Waals surface area contributed by atoms with Crippen LogP contribution in [0.5, 0.6) is 0 Å². The molecule has 2 rings (SSSR count). The highest BCUT2D eigenvalue weighted by Gasteiger charge is 2.39. The molecule has 1 atom stereocenters. The first-order valence-corrected chi connectivity index (χ1v) is 6.45. The summed E-state index contributed by atoms with van der Waals surface area (Å²) in [6.45, 7) is 1.59. The Morgan fingerprint density at radius 2 is 2.00 bits per heavy atom. The lowest BCUT2D eigenvalue weighted by atomic mass is 10.2. The van der Waals surface area contributed by atoms with E-state index in [4.69, 9.17) is 0 Å². The lowest BCUT2D eigenvalue weighted by Gasteiger charge is -2.30. The summed E-state index contributed by atoms with van der Waals surface area (Å²) < 4.78 is 37.3. The molecule has 104 valence electrons. The molecule has 0 aromatic rings. The van der Waals surface area contributed by atoms with Gasteiger partial charge in [0.2, 0.25) is 5.91 Å². The molecule has 0 bridgehead atoms. The Kier molecular flexibility index (Phi) is 3.84. The molecule has 0 spiro atoms. The number of halogens is 3. The molecule has 1 aliphatic carbocycles. The van der Waals surface area contributed by atoms with Crippen molar-refractivity contribution in [2.45, 2.75) is 50.9 Å². The monoisotopic (exact) mass is 264 g/mol. The number of hydrogen-bond donors (Lipinski definition) is 0. The summed E-state index contributed by atoms with van der Waals surface area (Å²) in [6, 6.07) is 0.145. The van der Waals surface area contributed by atoms with Crippen LogP contribution in [0.1, 0.15) is 32.6 Å². The van der Waals surface area contributed by atoms with Crippen LogP contribution in [0.2, 0.25) is 0 Å². The van der Waals surface area contributed by atoms with E-state index >= 15 is 0 Å². The van der Waals surface area contributed by atoms with Crippen molar-refractivity contribution in [1.82, 2.24) is 9.80 Å². The summed E-state index contributed by atoms with van der Waals surface area (Å²) >= 11 is 0. The van der Waals surface area contributed by atoms with Crippen molar-refractivity contribution in [2.75, 3.05) is 19.6 Å². The summed E-state index contributed by atoms with van der Waals surface area (Å²) in [5, 5.41) is 0. The zero-order valence-corrected chi connectivity index (χ0v) is 10.5. The van der Waals surface area contributed by atoms with Crippen molar-refractivity contribution >= 4 is 5.91 Å². The molecule has 1 heterocycles. The summed E-state index contributed by atoms with van der Waals surface area (Å²) in [4.78, 5) is 14.7. The smallest absolute Gasteiger partial charge is 0.338 e. The first-order valence-electron chi connectivity index (χ1n) is 6.45. The van der Waals surface area contributed by atoms with Gasteiger partial charge in [-0.1, -0.05) is 0 Å². The van der Waals surface area contributed by atoms with Gasteiger partial charge >= 0.3 is 6.18 Å². The van der Waals surface area contributed by atoms with Crippen molar-refractivity contribution in [3.63, 3.8) is 0 Å². The Balaban J connectivity index is 1.92. The van der Waals surface area contributed by atoms with Gasteiger partial charge in [-0.2, -0.15) is 13.2 Å². The van der Waals surface area contributed by atoms with Crippen LogP contribution in [0.25, 0.3) is 0 Å². The maximum atomic E-state index is 12.4. The number of amides is 1. The average molecular weight is 264 g/mol. The second-order valence-electron chi connectivity index (χ2n) is 5.28. The third-order valence-electron chi connectivity index (χ3n) is 3.68. The Morgan fingerprint density at radius 3 is 2.50 bits per heavy atom. The zero-order chi connectivity index (χ0) is 13.3. The van der Waals surface area contributed by atoms with E-state index in [1.54, 1.807) is 4.90 Å². The SMILES string of the molecule is CC(=O)N(C[C@H]1CCCN1CC(F)(F)F)C1CC1. The highest BCUT2D eigenvalue weighted by atomic mass is 19.4. The molecule has 3 nitrogen and oxygen atoms in total. The minimum Gasteiger partial charge on any atom is -0.338 e. The maximum absolute atomic E-state index is 12.4. The first-order chi connectivity index (χ1) is 8.37. The second-order valence-corrected chi connectivity index (χ2v) is 5.28. The van der Waals surface area contributed by atoms with Crippen molar-refractivity contribution in [1.29, 1.82) is 0 Å². The van der Waals surface area contributed by atoms with Gasteiger partial charge in [0.15, 0.2) is 0 Å². The Labute approximate surface area is 105 Å². The van der Waals surface area contributed by atoms with E-state index in [9.17, 15) is 18.0 Å². The number of alkyl halides is 3. The highest BCUT2D eigenvalue weighted by Crippen LogP contribution is 2.30. The highest BCUT2D eigenvalue weighted by molar-refractivity contribution is 5.74. The van der Waals surface area contributed by atoms with Gasteiger partial charge in [0.25, 0.3) is 0 Å². The molecular weight excluding hydrogens is 245 g/mol. The van der Waals surface area contributed by atoms with Crippen molar-refractivity contribution in [2.24, 2.45) is 0 Å². The molecule has 1 saturated carbocycles. The van der Waals surface area contributed by atoms with Crippen LogP contribution < -0.4 is 0 Å². The Hall–Kier alpha value is -0.780. The summed E-state index contributed by atoms with van der Waals surface area (Å²) in [7, 11) is 0. The minimum absolute atomic E-state index is 0.0173. The number of hydrogen-bond acceptors (Lipinski definition) is 2. The van der Waals surface area contributed by atoms with Crippen LogP contribution in [0.4, 0.5) is 13.2 Å². The molecular formula is C12H19F3N2O. The van der Waals surface area contributed by atoms with Gasteiger partial charge in [-0.05, 0) is 32.2 Å². The van der Waals surface area contributed by atoms with Gasteiger partial charge in [0.1, 0.15) is 0 Å². The maximum Gasteiger partial charge on any atom is 0.401 e. The molecule has 0 aromatic heterocycles. The van der Waals surface area contributed by atoms with Crippen molar-refractivity contribution < 1.29 is 18.0 Å². The van der Waals surface area contributed by atoms with Crippen molar-refractivity contribution in [3.05, 3.63) is 0 Å². The number of rotatable bonds is 4. The van der Waals surface area contributed by atoms with Gasteiger partial charge in [-0.3, -0.25) is 9.69 Å². The van der Waals surface area contributed by atoms with Crippen LogP contribution in [0.15, 0.2) is 0 Å². The van der Waals surface area contributed by atoms with Gasteiger partial charge in [-0.25, -0.2) is 0 Å². The molecule has 0 radical (unpaired) electrons. The fraction of sp³-hybridized carbons (Fsp3) is 0.917. The van der Waals surface area contributed by atoms with E-state index in [2.05, 4.69) is 0 Å². The second kappa shape index (κ2) is 5.07. The van der Waals surface area contributed by atoms with Gasteiger partial charge in [0, 0.05) is 25.6 Å². The number of carbonyl (C=O) groups is 1. The van der Waals surface area contributed by atoms with Gasteiger partial charge < -0.3 is 4.90 Å². The van der Waals surface area contributed by atoms with E-state index in [-0.39, 0.29) is 18.0 Å². The molecule has 2 aliphatic rings. The average Bonchev–Trinajstić information content (AvgIpc) is 2.96. The van der Waals surface area contributed by atoms with Crippen LogP contribution in [0.3, 0.4) is 0 Å².